The van der Waals surface area contributed by atoms with Gasteiger partial charge in [0.15, 0.2) is 0 Å². The summed E-state index contributed by atoms with van der Waals surface area (Å²) in [6.45, 7) is 3.70. The molecule has 0 unspecified atom stereocenters. The van der Waals surface area contributed by atoms with Crippen molar-refractivity contribution in [2.75, 3.05) is 13.6 Å². The first-order valence-corrected chi connectivity index (χ1v) is 6.89. The first-order chi connectivity index (χ1) is 9.79. The highest BCUT2D eigenvalue weighted by Gasteiger charge is 2.14. The Morgan fingerprint density at radius 3 is 2.62 bits per heavy atom. The minimum Gasteiger partial charge on any atom is -0.336 e. The standard InChI is InChI=1S/C14H19ClFN3O2/c1-9(2)17-14(21)18-13(20)8-19(3)7-10-11(15)5-4-6-12(10)16/h4-6,9H,7-8H2,1-3H3,(H2,17,18,20,21). The Morgan fingerprint density at radius 1 is 1.38 bits per heavy atom. The molecule has 0 fully saturated rings. The maximum atomic E-state index is 13.6. The summed E-state index contributed by atoms with van der Waals surface area (Å²) in [4.78, 5) is 24.6. The molecular weight excluding hydrogens is 297 g/mol. The smallest absolute Gasteiger partial charge is 0.321 e. The topological polar surface area (TPSA) is 61.4 Å². The van der Waals surface area contributed by atoms with Crippen LogP contribution in [0, 0.1) is 5.82 Å². The second-order valence-electron chi connectivity index (χ2n) is 5.05. The molecule has 0 spiro atoms. The average Bonchev–Trinajstić information content (AvgIpc) is 2.32. The van der Waals surface area contributed by atoms with Gasteiger partial charge in [0.1, 0.15) is 5.82 Å². The van der Waals surface area contributed by atoms with Crippen molar-refractivity contribution in [1.29, 1.82) is 0 Å². The van der Waals surface area contributed by atoms with Gasteiger partial charge in [-0.05, 0) is 33.0 Å². The highest BCUT2D eigenvalue weighted by atomic mass is 35.5. The van der Waals surface area contributed by atoms with E-state index in [9.17, 15) is 14.0 Å². The third kappa shape index (κ3) is 6.10. The van der Waals surface area contributed by atoms with Gasteiger partial charge >= 0.3 is 6.03 Å². The molecule has 1 aromatic rings. The van der Waals surface area contributed by atoms with Gasteiger partial charge in [0.05, 0.1) is 6.54 Å². The number of benzene rings is 1. The van der Waals surface area contributed by atoms with Crippen molar-refractivity contribution in [2.45, 2.75) is 26.4 Å². The fourth-order valence-electron chi connectivity index (χ4n) is 1.72. The molecule has 3 amide bonds. The van der Waals surface area contributed by atoms with E-state index in [4.69, 9.17) is 11.6 Å². The van der Waals surface area contributed by atoms with Gasteiger partial charge in [-0.25, -0.2) is 9.18 Å². The van der Waals surface area contributed by atoms with Crippen molar-refractivity contribution in [1.82, 2.24) is 15.5 Å². The molecule has 5 nitrogen and oxygen atoms in total. The summed E-state index contributed by atoms with van der Waals surface area (Å²) < 4.78 is 13.6. The Balaban J connectivity index is 2.52. The minimum atomic E-state index is -0.549. The molecule has 0 aromatic heterocycles. The number of amides is 3. The van der Waals surface area contributed by atoms with Crippen LogP contribution in [0.5, 0.6) is 0 Å². The van der Waals surface area contributed by atoms with Crippen LogP contribution in [0.2, 0.25) is 5.02 Å². The molecule has 2 N–H and O–H groups in total. The lowest BCUT2D eigenvalue weighted by molar-refractivity contribution is -0.121. The minimum absolute atomic E-state index is 0.0455. The predicted molar refractivity (Wildman–Crippen MR) is 79.6 cm³/mol. The van der Waals surface area contributed by atoms with Crippen LogP contribution in [0.25, 0.3) is 0 Å². The number of nitrogens with zero attached hydrogens (tertiary/aromatic N) is 1. The number of rotatable bonds is 5. The number of hydrogen-bond donors (Lipinski definition) is 2. The molecule has 0 atom stereocenters. The van der Waals surface area contributed by atoms with Crippen molar-refractivity contribution >= 4 is 23.5 Å². The van der Waals surface area contributed by atoms with E-state index in [1.165, 1.54) is 12.1 Å². The van der Waals surface area contributed by atoms with E-state index in [1.807, 2.05) is 0 Å². The Kier molecular flexibility index (Phi) is 6.58. The Hall–Kier alpha value is -1.66. The fraction of sp³-hybridized carbons (Fsp3) is 0.429. The third-order valence-electron chi connectivity index (χ3n) is 2.58. The fourth-order valence-corrected chi connectivity index (χ4v) is 1.94. The summed E-state index contributed by atoms with van der Waals surface area (Å²) in [5.41, 5.74) is 0.320. The number of urea groups is 1. The van der Waals surface area contributed by atoms with Gasteiger partial charge in [-0.15, -0.1) is 0 Å². The van der Waals surface area contributed by atoms with E-state index in [2.05, 4.69) is 10.6 Å². The molecule has 0 aliphatic carbocycles. The van der Waals surface area contributed by atoms with Crippen LogP contribution in [0.15, 0.2) is 18.2 Å². The summed E-state index contributed by atoms with van der Waals surface area (Å²) >= 11 is 5.92. The predicted octanol–water partition coefficient (Wildman–Crippen LogP) is 2.15. The second kappa shape index (κ2) is 7.95. The largest absolute Gasteiger partial charge is 0.336 e. The van der Waals surface area contributed by atoms with Crippen molar-refractivity contribution < 1.29 is 14.0 Å². The van der Waals surface area contributed by atoms with Crippen LogP contribution in [-0.2, 0) is 11.3 Å². The van der Waals surface area contributed by atoms with Crippen LogP contribution in [-0.4, -0.2) is 36.5 Å². The zero-order valence-corrected chi connectivity index (χ0v) is 13.0. The van der Waals surface area contributed by atoms with Crippen molar-refractivity contribution in [2.24, 2.45) is 0 Å². The number of hydrogen-bond acceptors (Lipinski definition) is 3. The number of carbonyl (C=O) groups excluding carboxylic acids is 2. The second-order valence-corrected chi connectivity index (χ2v) is 5.46. The lowest BCUT2D eigenvalue weighted by Gasteiger charge is -2.17. The van der Waals surface area contributed by atoms with E-state index in [0.29, 0.717) is 10.6 Å². The maximum absolute atomic E-state index is 13.6. The molecule has 0 saturated heterocycles. The van der Waals surface area contributed by atoms with Crippen LogP contribution in [0.1, 0.15) is 19.4 Å². The van der Waals surface area contributed by atoms with Crippen molar-refractivity contribution in [3.63, 3.8) is 0 Å². The molecule has 0 radical (unpaired) electrons. The molecule has 0 heterocycles. The lowest BCUT2D eigenvalue weighted by atomic mass is 10.2. The number of carbonyl (C=O) groups is 2. The summed E-state index contributed by atoms with van der Waals surface area (Å²) in [6.07, 6.45) is 0. The number of imide groups is 1. The average molecular weight is 316 g/mol. The molecule has 116 valence electrons. The van der Waals surface area contributed by atoms with E-state index >= 15 is 0 Å². The maximum Gasteiger partial charge on any atom is 0.321 e. The zero-order valence-electron chi connectivity index (χ0n) is 12.2. The van der Waals surface area contributed by atoms with Gasteiger partial charge in [0.2, 0.25) is 5.91 Å². The normalized spacial score (nSPS) is 10.8. The highest BCUT2D eigenvalue weighted by Crippen LogP contribution is 2.20. The summed E-state index contributed by atoms with van der Waals surface area (Å²) in [6, 6.07) is 3.80. The molecule has 0 bridgehead atoms. The van der Waals surface area contributed by atoms with E-state index in [0.717, 1.165) is 0 Å². The van der Waals surface area contributed by atoms with Gasteiger partial charge in [-0.2, -0.15) is 0 Å². The molecule has 1 aromatic carbocycles. The van der Waals surface area contributed by atoms with Gasteiger partial charge < -0.3 is 5.32 Å². The SMILES string of the molecule is CC(C)NC(=O)NC(=O)CN(C)Cc1c(F)cccc1Cl. The van der Waals surface area contributed by atoms with E-state index in [1.54, 1.807) is 31.9 Å². The monoisotopic (exact) mass is 315 g/mol. The first kappa shape index (κ1) is 17.4. The number of nitrogens with one attached hydrogen (secondary N) is 2. The molecule has 1 rings (SSSR count). The van der Waals surface area contributed by atoms with Gasteiger partial charge in [-0.1, -0.05) is 17.7 Å². The van der Waals surface area contributed by atoms with Crippen molar-refractivity contribution in [3.05, 3.63) is 34.6 Å². The molecule has 0 aliphatic rings. The Labute approximate surface area is 128 Å². The number of halogens is 2. The van der Waals surface area contributed by atoms with Crippen LogP contribution >= 0.6 is 11.6 Å². The molecular formula is C14H19ClFN3O2. The first-order valence-electron chi connectivity index (χ1n) is 6.51. The highest BCUT2D eigenvalue weighted by molar-refractivity contribution is 6.31. The third-order valence-corrected chi connectivity index (χ3v) is 2.93. The Morgan fingerprint density at radius 2 is 2.05 bits per heavy atom. The van der Waals surface area contributed by atoms with Gasteiger partial charge in [0, 0.05) is 23.2 Å². The van der Waals surface area contributed by atoms with Gasteiger partial charge in [-0.3, -0.25) is 15.0 Å². The quantitative estimate of drug-likeness (QED) is 0.875. The summed E-state index contributed by atoms with van der Waals surface area (Å²) in [5.74, 6) is -0.893. The summed E-state index contributed by atoms with van der Waals surface area (Å²) in [5, 5.41) is 5.05. The van der Waals surface area contributed by atoms with Crippen LogP contribution < -0.4 is 10.6 Å². The molecule has 7 heteroatoms. The Bertz CT molecular complexity index is 503. The molecule has 21 heavy (non-hydrogen) atoms. The molecule has 0 aliphatic heterocycles. The van der Waals surface area contributed by atoms with E-state index < -0.39 is 17.8 Å². The van der Waals surface area contributed by atoms with Crippen LogP contribution in [0.3, 0.4) is 0 Å². The number of likely N-dealkylation sites (N-methyl/N-ethyl adjacent to an activating group) is 1. The molecule has 0 saturated carbocycles. The van der Waals surface area contributed by atoms with Gasteiger partial charge in [0.25, 0.3) is 0 Å². The summed E-state index contributed by atoms with van der Waals surface area (Å²) in [7, 11) is 1.64. The zero-order chi connectivity index (χ0) is 16.0. The van der Waals surface area contributed by atoms with Crippen molar-refractivity contribution in [3.8, 4) is 0 Å². The van der Waals surface area contributed by atoms with Crippen LogP contribution in [0.4, 0.5) is 9.18 Å². The lowest BCUT2D eigenvalue weighted by Crippen LogP contribution is -2.45. The van der Waals surface area contributed by atoms with E-state index in [-0.39, 0.29) is 19.1 Å².